The predicted molar refractivity (Wildman–Crippen MR) is 139 cm³/mol. The molecule has 4 rings (SSSR count). The van der Waals surface area contributed by atoms with Crippen LogP contribution in [0.25, 0.3) is 0 Å². The number of likely N-dealkylation sites (N-methyl/N-ethyl adjacent to an activating group) is 1. The average Bonchev–Trinajstić information content (AvgIpc) is 3.31. The third kappa shape index (κ3) is 6.96. The van der Waals surface area contributed by atoms with Gasteiger partial charge in [0.1, 0.15) is 23.8 Å². The molecular formula is C28H28N4O4. The van der Waals surface area contributed by atoms with Gasteiger partial charge in [0.15, 0.2) is 0 Å². The molecule has 0 aliphatic heterocycles. The van der Waals surface area contributed by atoms with Crippen molar-refractivity contribution in [3.8, 4) is 17.2 Å². The number of nitrogens with one attached hydrogen (secondary N) is 1. The standard InChI is InChI=1S/C28H28N4O4/c1-21-7-6-10-26(17-21)35-16-15-27(33)30-22-18-29-32(19-22)20-28(34)31(2)23-11-13-25(14-12-23)36-24-8-4-3-5-9-24/h3-14,17-19H,15-16,20H2,1-2H3,(H,30,33). The minimum Gasteiger partial charge on any atom is -0.493 e. The van der Waals surface area contributed by atoms with E-state index >= 15 is 0 Å². The van der Waals surface area contributed by atoms with Crippen molar-refractivity contribution in [2.75, 3.05) is 23.9 Å². The maximum absolute atomic E-state index is 12.8. The Morgan fingerprint density at radius 1 is 0.944 bits per heavy atom. The highest BCUT2D eigenvalue weighted by molar-refractivity contribution is 5.93. The largest absolute Gasteiger partial charge is 0.493 e. The van der Waals surface area contributed by atoms with Gasteiger partial charge in [-0.1, -0.05) is 30.3 Å². The van der Waals surface area contributed by atoms with E-state index in [1.54, 1.807) is 18.1 Å². The van der Waals surface area contributed by atoms with Gasteiger partial charge in [-0.15, -0.1) is 0 Å². The summed E-state index contributed by atoms with van der Waals surface area (Å²) < 4.78 is 12.9. The maximum Gasteiger partial charge on any atom is 0.248 e. The number of rotatable bonds is 10. The fraction of sp³-hybridized carbons (Fsp3) is 0.179. The van der Waals surface area contributed by atoms with E-state index in [9.17, 15) is 9.59 Å². The lowest BCUT2D eigenvalue weighted by molar-refractivity contribution is -0.119. The van der Waals surface area contributed by atoms with Gasteiger partial charge in [0.25, 0.3) is 0 Å². The second-order valence-electron chi connectivity index (χ2n) is 8.25. The predicted octanol–water partition coefficient (Wildman–Crippen LogP) is 5.05. The van der Waals surface area contributed by atoms with Gasteiger partial charge < -0.3 is 19.7 Å². The van der Waals surface area contributed by atoms with Gasteiger partial charge in [-0.2, -0.15) is 5.10 Å². The smallest absolute Gasteiger partial charge is 0.248 e. The number of hydrogen-bond acceptors (Lipinski definition) is 5. The van der Waals surface area contributed by atoms with Crippen LogP contribution in [0.2, 0.25) is 0 Å². The zero-order valence-electron chi connectivity index (χ0n) is 20.3. The number of amides is 2. The molecule has 2 amide bonds. The lowest BCUT2D eigenvalue weighted by atomic mass is 10.2. The normalized spacial score (nSPS) is 10.5. The molecule has 8 nitrogen and oxygen atoms in total. The van der Waals surface area contributed by atoms with Crippen LogP contribution in [0.1, 0.15) is 12.0 Å². The summed E-state index contributed by atoms with van der Waals surface area (Å²) in [7, 11) is 1.70. The minimum atomic E-state index is -0.191. The first-order valence-electron chi connectivity index (χ1n) is 11.6. The summed E-state index contributed by atoms with van der Waals surface area (Å²) >= 11 is 0. The van der Waals surface area contributed by atoms with Crippen molar-refractivity contribution >= 4 is 23.2 Å². The van der Waals surface area contributed by atoms with Gasteiger partial charge in [-0.25, -0.2) is 0 Å². The number of carbonyl (C=O) groups excluding carboxylic acids is 2. The van der Waals surface area contributed by atoms with Gasteiger partial charge in [0.2, 0.25) is 11.8 Å². The monoisotopic (exact) mass is 484 g/mol. The van der Waals surface area contributed by atoms with E-state index in [-0.39, 0.29) is 31.4 Å². The highest BCUT2D eigenvalue weighted by Crippen LogP contribution is 2.24. The number of anilines is 2. The second kappa shape index (κ2) is 11.7. The number of carbonyl (C=O) groups is 2. The Hall–Kier alpha value is -4.59. The topological polar surface area (TPSA) is 85.7 Å². The number of hydrogen-bond donors (Lipinski definition) is 1. The summed E-state index contributed by atoms with van der Waals surface area (Å²) in [5, 5.41) is 6.97. The fourth-order valence-corrected chi connectivity index (χ4v) is 3.46. The minimum absolute atomic E-state index is 0.0328. The number of nitrogens with zero attached hydrogens (tertiary/aromatic N) is 3. The second-order valence-corrected chi connectivity index (χ2v) is 8.25. The fourth-order valence-electron chi connectivity index (χ4n) is 3.46. The molecule has 0 fully saturated rings. The van der Waals surface area contributed by atoms with E-state index in [0.717, 1.165) is 22.7 Å². The number of benzene rings is 3. The Morgan fingerprint density at radius 2 is 1.67 bits per heavy atom. The van der Waals surface area contributed by atoms with Crippen LogP contribution in [0, 0.1) is 6.92 Å². The third-order valence-electron chi connectivity index (χ3n) is 5.38. The number of aryl methyl sites for hydroxylation is 1. The van der Waals surface area contributed by atoms with Crippen molar-refractivity contribution < 1.29 is 19.1 Å². The molecule has 1 aromatic heterocycles. The molecule has 8 heteroatoms. The van der Waals surface area contributed by atoms with E-state index < -0.39 is 0 Å². The highest BCUT2D eigenvalue weighted by atomic mass is 16.5. The molecule has 0 saturated heterocycles. The average molecular weight is 485 g/mol. The molecule has 0 saturated carbocycles. The molecular weight excluding hydrogens is 456 g/mol. The van der Waals surface area contributed by atoms with E-state index in [1.807, 2.05) is 85.8 Å². The highest BCUT2D eigenvalue weighted by Gasteiger charge is 2.13. The Balaban J connectivity index is 1.24. The lowest BCUT2D eigenvalue weighted by Crippen LogP contribution is -2.30. The summed E-state index contributed by atoms with van der Waals surface area (Å²) in [4.78, 5) is 26.5. The van der Waals surface area contributed by atoms with Crippen LogP contribution < -0.4 is 19.7 Å². The molecule has 36 heavy (non-hydrogen) atoms. The van der Waals surface area contributed by atoms with Gasteiger partial charge in [-0.05, 0) is 61.0 Å². The van der Waals surface area contributed by atoms with Crippen LogP contribution in [-0.4, -0.2) is 35.2 Å². The molecule has 3 aromatic carbocycles. The number of aromatic nitrogens is 2. The van der Waals surface area contributed by atoms with Crippen LogP contribution in [0.15, 0.2) is 91.3 Å². The Bertz CT molecular complexity index is 1300. The van der Waals surface area contributed by atoms with E-state index in [0.29, 0.717) is 11.4 Å². The van der Waals surface area contributed by atoms with Crippen molar-refractivity contribution in [1.29, 1.82) is 0 Å². The molecule has 1 N–H and O–H groups in total. The van der Waals surface area contributed by atoms with Crippen molar-refractivity contribution in [2.45, 2.75) is 19.9 Å². The SMILES string of the molecule is Cc1cccc(OCCC(=O)Nc2cnn(CC(=O)N(C)c3ccc(Oc4ccccc4)cc3)c2)c1. The van der Waals surface area contributed by atoms with Crippen LogP contribution in [0.4, 0.5) is 11.4 Å². The molecule has 0 spiro atoms. The number of para-hydroxylation sites is 1. The quantitative estimate of drug-likeness (QED) is 0.340. The van der Waals surface area contributed by atoms with Crippen molar-refractivity contribution in [2.24, 2.45) is 0 Å². The van der Waals surface area contributed by atoms with Crippen LogP contribution in [0.5, 0.6) is 17.2 Å². The van der Waals surface area contributed by atoms with Crippen molar-refractivity contribution in [1.82, 2.24) is 9.78 Å². The molecule has 0 aliphatic rings. The van der Waals surface area contributed by atoms with E-state index in [1.165, 1.54) is 10.9 Å². The van der Waals surface area contributed by atoms with E-state index in [2.05, 4.69) is 10.4 Å². The van der Waals surface area contributed by atoms with Gasteiger partial charge >= 0.3 is 0 Å². The van der Waals surface area contributed by atoms with Gasteiger partial charge in [0, 0.05) is 18.9 Å². The summed E-state index contributed by atoms with van der Waals surface area (Å²) in [6.45, 7) is 2.28. The first-order chi connectivity index (χ1) is 17.5. The summed E-state index contributed by atoms with van der Waals surface area (Å²) in [5.41, 5.74) is 2.35. The first-order valence-corrected chi connectivity index (χ1v) is 11.6. The maximum atomic E-state index is 12.8. The Morgan fingerprint density at radius 3 is 2.42 bits per heavy atom. The summed E-state index contributed by atoms with van der Waals surface area (Å²) in [6, 6.07) is 24.4. The molecule has 0 unspecified atom stereocenters. The zero-order chi connectivity index (χ0) is 25.3. The number of ether oxygens (including phenoxy) is 2. The molecule has 0 radical (unpaired) electrons. The van der Waals surface area contributed by atoms with Crippen molar-refractivity contribution in [3.63, 3.8) is 0 Å². The van der Waals surface area contributed by atoms with Gasteiger partial charge in [-0.3, -0.25) is 14.3 Å². The lowest BCUT2D eigenvalue weighted by Gasteiger charge is -2.17. The van der Waals surface area contributed by atoms with E-state index in [4.69, 9.17) is 9.47 Å². The van der Waals surface area contributed by atoms with Crippen molar-refractivity contribution in [3.05, 3.63) is 96.8 Å². The first kappa shape index (κ1) is 24.5. The van der Waals surface area contributed by atoms with Gasteiger partial charge in [0.05, 0.1) is 24.9 Å². The summed E-state index contributed by atoms with van der Waals surface area (Å²) in [6.07, 6.45) is 3.34. The van der Waals surface area contributed by atoms with Crippen LogP contribution in [0.3, 0.4) is 0 Å². The molecule has 184 valence electrons. The zero-order valence-corrected chi connectivity index (χ0v) is 20.3. The molecule has 4 aromatic rings. The Kier molecular flexibility index (Phi) is 7.97. The molecule has 0 aliphatic carbocycles. The molecule has 1 heterocycles. The Labute approximate surface area is 210 Å². The van der Waals surface area contributed by atoms with Crippen LogP contribution in [-0.2, 0) is 16.1 Å². The molecule has 0 bridgehead atoms. The summed E-state index contributed by atoms with van der Waals surface area (Å²) in [5.74, 6) is 1.82. The van der Waals surface area contributed by atoms with Crippen LogP contribution >= 0.6 is 0 Å². The molecule has 0 atom stereocenters. The third-order valence-corrected chi connectivity index (χ3v) is 5.38.